The molecular formula is C12H19NO2. The summed E-state index contributed by atoms with van der Waals surface area (Å²) in [5.41, 5.74) is 2.87. The molecule has 0 radical (unpaired) electrons. The maximum atomic E-state index is 9.61. The van der Waals surface area contributed by atoms with Crippen LogP contribution in [0.3, 0.4) is 0 Å². The molecule has 3 heteroatoms. The molecular weight excluding hydrogens is 190 g/mol. The first kappa shape index (κ1) is 12.0. The van der Waals surface area contributed by atoms with Gasteiger partial charge < -0.3 is 15.5 Å². The van der Waals surface area contributed by atoms with Gasteiger partial charge in [0.1, 0.15) is 0 Å². The van der Waals surface area contributed by atoms with Crippen LogP contribution in [0.5, 0.6) is 0 Å². The van der Waals surface area contributed by atoms with E-state index in [4.69, 9.17) is 5.11 Å². The van der Waals surface area contributed by atoms with E-state index in [0.717, 1.165) is 16.8 Å². The van der Waals surface area contributed by atoms with Crippen LogP contribution >= 0.6 is 0 Å². The molecule has 0 amide bonds. The molecule has 0 fully saturated rings. The summed E-state index contributed by atoms with van der Waals surface area (Å²) >= 11 is 0. The molecule has 1 rings (SSSR count). The minimum atomic E-state index is -0.502. The van der Waals surface area contributed by atoms with Crippen LogP contribution in [0.1, 0.15) is 31.1 Å². The van der Waals surface area contributed by atoms with E-state index in [-0.39, 0.29) is 12.6 Å². The Morgan fingerprint density at radius 1 is 1.33 bits per heavy atom. The van der Waals surface area contributed by atoms with Gasteiger partial charge in [0, 0.05) is 17.3 Å². The number of aliphatic hydroxyl groups excluding tert-OH is 2. The van der Waals surface area contributed by atoms with Gasteiger partial charge in [0.05, 0.1) is 12.7 Å². The number of nitrogens with one attached hydrogen (secondary N) is 1. The lowest BCUT2D eigenvalue weighted by Crippen LogP contribution is -2.21. The molecule has 3 N–H and O–H groups in total. The lowest BCUT2D eigenvalue weighted by atomic mass is 10.0. The van der Waals surface area contributed by atoms with Gasteiger partial charge in [0.2, 0.25) is 0 Å². The summed E-state index contributed by atoms with van der Waals surface area (Å²) in [6, 6.07) is 5.79. The summed E-state index contributed by atoms with van der Waals surface area (Å²) in [5, 5.41) is 21.8. The van der Waals surface area contributed by atoms with Gasteiger partial charge in [0.25, 0.3) is 0 Å². The Morgan fingerprint density at radius 2 is 2.00 bits per heavy atom. The predicted molar refractivity (Wildman–Crippen MR) is 62.0 cm³/mol. The molecule has 0 aliphatic rings. The predicted octanol–water partition coefficient (Wildman–Crippen LogP) is 1.84. The molecule has 0 spiro atoms. The summed E-state index contributed by atoms with van der Waals surface area (Å²) in [6.45, 7) is 5.70. The summed E-state index contributed by atoms with van der Waals surface area (Å²) in [5.74, 6) is 0. The first-order chi connectivity index (χ1) is 7.06. The minimum Gasteiger partial charge on any atom is -0.394 e. The Balaban J connectivity index is 3.02. The molecule has 1 aromatic rings. The number of benzene rings is 1. The molecule has 0 aliphatic carbocycles. The van der Waals surface area contributed by atoms with Crippen LogP contribution in [-0.4, -0.2) is 22.9 Å². The van der Waals surface area contributed by atoms with Crippen molar-refractivity contribution in [1.29, 1.82) is 0 Å². The van der Waals surface area contributed by atoms with E-state index in [2.05, 4.69) is 5.32 Å². The zero-order chi connectivity index (χ0) is 11.4. The van der Waals surface area contributed by atoms with Crippen LogP contribution in [0.15, 0.2) is 18.2 Å². The molecule has 15 heavy (non-hydrogen) atoms. The second-order valence-electron chi connectivity index (χ2n) is 3.94. The van der Waals surface area contributed by atoms with Crippen molar-refractivity contribution in [3.05, 3.63) is 29.3 Å². The highest BCUT2D eigenvalue weighted by Gasteiger charge is 2.11. The third-order valence-corrected chi connectivity index (χ3v) is 2.42. The van der Waals surface area contributed by atoms with E-state index >= 15 is 0 Å². The van der Waals surface area contributed by atoms with E-state index in [1.807, 2.05) is 32.0 Å². The number of anilines is 1. The number of hydrogen-bond acceptors (Lipinski definition) is 3. The number of para-hydroxylation sites is 1. The summed E-state index contributed by atoms with van der Waals surface area (Å²) in [6.07, 6.45) is -0.502. The molecule has 0 aliphatic heterocycles. The lowest BCUT2D eigenvalue weighted by Gasteiger charge is -2.19. The van der Waals surface area contributed by atoms with Crippen molar-refractivity contribution in [3.63, 3.8) is 0 Å². The van der Waals surface area contributed by atoms with Gasteiger partial charge in [-0.2, -0.15) is 0 Å². The second-order valence-corrected chi connectivity index (χ2v) is 3.94. The molecule has 84 valence electrons. The summed E-state index contributed by atoms with van der Waals surface area (Å²) in [4.78, 5) is 0. The van der Waals surface area contributed by atoms with E-state index in [9.17, 15) is 5.11 Å². The Kier molecular flexibility index (Phi) is 4.12. The van der Waals surface area contributed by atoms with Gasteiger partial charge in [-0.05, 0) is 26.3 Å². The molecule has 0 saturated heterocycles. The average molecular weight is 209 g/mol. The molecule has 1 aromatic carbocycles. The van der Waals surface area contributed by atoms with Crippen molar-refractivity contribution < 1.29 is 10.2 Å². The highest BCUT2D eigenvalue weighted by Crippen LogP contribution is 2.26. The topological polar surface area (TPSA) is 52.5 Å². The largest absolute Gasteiger partial charge is 0.394 e. The summed E-state index contributed by atoms with van der Waals surface area (Å²) in [7, 11) is 0. The maximum Gasteiger partial charge on any atom is 0.0782 e. The lowest BCUT2D eigenvalue weighted by molar-refractivity contribution is 0.199. The second kappa shape index (κ2) is 5.14. The first-order valence-corrected chi connectivity index (χ1v) is 5.21. The Labute approximate surface area is 90.8 Å². The van der Waals surface area contributed by atoms with Crippen molar-refractivity contribution in [2.45, 2.75) is 32.9 Å². The fourth-order valence-corrected chi connectivity index (χ4v) is 1.53. The van der Waals surface area contributed by atoms with Crippen LogP contribution in [0.25, 0.3) is 0 Å². The van der Waals surface area contributed by atoms with Crippen LogP contribution < -0.4 is 5.32 Å². The van der Waals surface area contributed by atoms with Gasteiger partial charge in [-0.25, -0.2) is 0 Å². The number of aliphatic hydroxyl groups is 2. The molecule has 2 atom stereocenters. The summed E-state index contributed by atoms with van der Waals surface area (Å²) < 4.78 is 0. The first-order valence-electron chi connectivity index (χ1n) is 5.21. The average Bonchev–Trinajstić information content (AvgIpc) is 2.20. The van der Waals surface area contributed by atoms with E-state index in [1.54, 1.807) is 6.92 Å². The third kappa shape index (κ3) is 2.94. The highest BCUT2D eigenvalue weighted by atomic mass is 16.3. The fourth-order valence-electron chi connectivity index (χ4n) is 1.53. The van der Waals surface area contributed by atoms with Crippen molar-refractivity contribution in [2.24, 2.45) is 0 Å². The van der Waals surface area contributed by atoms with Crippen molar-refractivity contribution in [3.8, 4) is 0 Å². The van der Waals surface area contributed by atoms with E-state index in [1.165, 1.54) is 0 Å². The van der Waals surface area contributed by atoms with Gasteiger partial charge in [-0.1, -0.05) is 18.2 Å². The van der Waals surface area contributed by atoms with Crippen LogP contribution in [0.4, 0.5) is 5.69 Å². The van der Waals surface area contributed by atoms with Gasteiger partial charge in [0.15, 0.2) is 0 Å². The third-order valence-electron chi connectivity index (χ3n) is 2.42. The van der Waals surface area contributed by atoms with Crippen molar-refractivity contribution in [2.75, 3.05) is 11.9 Å². The Bertz CT molecular complexity index is 323. The highest BCUT2D eigenvalue weighted by molar-refractivity contribution is 5.58. The zero-order valence-corrected chi connectivity index (χ0v) is 9.49. The quantitative estimate of drug-likeness (QED) is 0.709. The van der Waals surface area contributed by atoms with Gasteiger partial charge in [-0.15, -0.1) is 0 Å². The van der Waals surface area contributed by atoms with Crippen LogP contribution in [-0.2, 0) is 0 Å². The number of aryl methyl sites for hydroxylation is 1. The van der Waals surface area contributed by atoms with Crippen molar-refractivity contribution >= 4 is 5.69 Å². The standard InChI is InChI=1S/C12H19NO2/c1-8-5-4-6-11(10(3)15)12(8)13-9(2)7-14/h4-6,9-10,13-15H,7H2,1-3H3/t9-,10?/m0/s1. The molecule has 0 heterocycles. The van der Waals surface area contributed by atoms with Crippen LogP contribution in [0, 0.1) is 6.92 Å². The SMILES string of the molecule is Cc1cccc(C(C)O)c1N[C@@H](C)CO. The minimum absolute atomic E-state index is 0.0106. The Hall–Kier alpha value is -1.06. The van der Waals surface area contributed by atoms with E-state index < -0.39 is 6.10 Å². The molecule has 1 unspecified atom stereocenters. The van der Waals surface area contributed by atoms with Crippen molar-refractivity contribution in [1.82, 2.24) is 0 Å². The smallest absolute Gasteiger partial charge is 0.0782 e. The molecule has 0 aromatic heterocycles. The zero-order valence-electron chi connectivity index (χ0n) is 9.49. The monoisotopic (exact) mass is 209 g/mol. The number of rotatable bonds is 4. The van der Waals surface area contributed by atoms with E-state index in [0.29, 0.717) is 0 Å². The Morgan fingerprint density at radius 3 is 2.53 bits per heavy atom. The molecule has 0 bridgehead atoms. The fraction of sp³-hybridized carbons (Fsp3) is 0.500. The van der Waals surface area contributed by atoms with Gasteiger partial charge >= 0.3 is 0 Å². The van der Waals surface area contributed by atoms with Crippen LogP contribution in [0.2, 0.25) is 0 Å². The number of hydrogen-bond donors (Lipinski definition) is 3. The molecule has 0 saturated carbocycles. The normalized spacial score (nSPS) is 14.7. The molecule has 3 nitrogen and oxygen atoms in total. The van der Waals surface area contributed by atoms with Gasteiger partial charge in [-0.3, -0.25) is 0 Å². The maximum absolute atomic E-state index is 9.61.